The smallest absolute Gasteiger partial charge is 0.870 e. The Morgan fingerprint density at radius 1 is 1.00 bits per heavy atom. The second-order valence-corrected chi connectivity index (χ2v) is 0.250. The maximum atomic E-state index is 8.33. The molecule has 0 heterocycles. The molecule has 0 aliphatic rings. The summed E-state index contributed by atoms with van der Waals surface area (Å²) >= 11 is 0. The molecule has 0 saturated heterocycles. The number of carboxylic acid groups (broad SMARTS) is 2. The summed E-state index contributed by atoms with van der Waals surface area (Å²) in [4.78, 5) is 8.33. The first kappa shape index (κ1) is 33.2. The SMILES string of the molecule is O=C([O-])[O-].[Ca+2].[Ca+2].[OH-].[OH-]. The van der Waals surface area contributed by atoms with E-state index in [1.807, 2.05) is 0 Å². The number of rotatable bonds is 0. The first-order chi connectivity index (χ1) is 1.73. The monoisotopic (exact) mass is 174 g/mol. The molecule has 0 saturated carbocycles. The third kappa shape index (κ3) is 119. The van der Waals surface area contributed by atoms with Gasteiger partial charge < -0.3 is 26.0 Å². The predicted octanol–water partition coefficient (Wildman–Crippen LogP) is -3.56. The molecule has 0 amide bonds. The van der Waals surface area contributed by atoms with Crippen molar-refractivity contribution in [1.29, 1.82) is 0 Å². The molecule has 0 spiro atoms. The summed E-state index contributed by atoms with van der Waals surface area (Å²) in [5.41, 5.74) is 0. The van der Waals surface area contributed by atoms with Gasteiger partial charge in [0.1, 0.15) is 0 Å². The zero-order chi connectivity index (χ0) is 3.58. The summed E-state index contributed by atoms with van der Waals surface area (Å²) in [7, 11) is 0. The van der Waals surface area contributed by atoms with E-state index in [1.54, 1.807) is 0 Å². The van der Waals surface area contributed by atoms with Crippen molar-refractivity contribution < 1.29 is 26.0 Å². The van der Waals surface area contributed by atoms with Crippen molar-refractivity contribution in [3.63, 3.8) is 0 Å². The Labute approximate surface area is 106 Å². The summed E-state index contributed by atoms with van der Waals surface area (Å²) in [6.07, 6.45) is -2.33. The Balaban J connectivity index is -0.00000000750. The molecule has 0 aromatic heterocycles. The summed E-state index contributed by atoms with van der Waals surface area (Å²) in [6.45, 7) is 0. The Hall–Kier alpha value is 1.71. The number of carbonyl (C=O) groups is 1. The number of hydrogen-bond acceptors (Lipinski definition) is 5. The zero-order valence-corrected chi connectivity index (χ0v) is 8.45. The molecule has 0 fully saturated rings. The second-order valence-electron chi connectivity index (χ2n) is 0.250. The first-order valence-corrected chi connectivity index (χ1v) is 0.612. The average Bonchev–Trinajstić information content (AvgIpc) is 0.811. The molecule has 0 bridgehead atoms. The van der Waals surface area contributed by atoms with Crippen LogP contribution in [0, 0.1) is 0 Å². The van der Waals surface area contributed by atoms with E-state index in [0.717, 1.165) is 0 Å². The van der Waals surface area contributed by atoms with Gasteiger partial charge in [0.25, 0.3) is 0 Å². The maximum Gasteiger partial charge on any atom is 2.00 e. The van der Waals surface area contributed by atoms with Crippen LogP contribution in [0.25, 0.3) is 0 Å². The molecule has 0 rings (SSSR count). The second kappa shape index (κ2) is 23.3. The van der Waals surface area contributed by atoms with Gasteiger partial charge in [-0.3, -0.25) is 0 Å². The van der Waals surface area contributed by atoms with Crippen molar-refractivity contribution in [1.82, 2.24) is 0 Å². The van der Waals surface area contributed by atoms with Crippen molar-refractivity contribution in [3.8, 4) is 0 Å². The molecule has 0 aliphatic heterocycles. The van der Waals surface area contributed by atoms with E-state index in [1.165, 1.54) is 0 Å². The van der Waals surface area contributed by atoms with Gasteiger partial charge in [-0.1, -0.05) is 0 Å². The van der Waals surface area contributed by atoms with E-state index in [-0.39, 0.29) is 86.4 Å². The maximum absolute atomic E-state index is 8.33. The minimum atomic E-state index is -2.33. The van der Waals surface area contributed by atoms with Crippen LogP contribution >= 0.6 is 0 Å². The van der Waals surface area contributed by atoms with Crippen LogP contribution in [0.1, 0.15) is 0 Å². The first-order valence-electron chi connectivity index (χ1n) is 0.612. The summed E-state index contributed by atoms with van der Waals surface area (Å²) in [6, 6.07) is 0. The molecule has 0 unspecified atom stereocenters. The van der Waals surface area contributed by atoms with Crippen LogP contribution < -0.4 is 10.2 Å². The van der Waals surface area contributed by atoms with Gasteiger partial charge in [0.05, 0.1) is 0 Å². The number of hydrogen-bond donors (Lipinski definition) is 0. The standard InChI is InChI=1S/CH2O3.2Ca.2H2O/c2-1(3)4;;;;/h(H2,2,3,4);;;2*1H2/q;2*+2;;/p-4. The van der Waals surface area contributed by atoms with Crippen molar-refractivity contribution in [2.24, 2.45) is 0 Å². The molecule has 0 aliphatic carbocycles. The Morgan fingerprint density at radius 2 is 1.00 bits per heavy atom. The van der Waals surface area contributed by atoms with Crippen LogP contribution in [0.2, 0.25) is 0 Å². The van der Waals surface area contributed by atoms with Gasteiger partial charge >= 0.3 is 75.5 Å². The van der Waals surface area contributed by atoms with E-state index in [0.29, 0.717) is 0 Å². The Morgan fingerprint density at radius 3 is 1.00 bits per heavy atom. The zero-order valence-electron chi connectivity index (χ0n) is 4.03. The molecule has 7 heteroatoms. The molecular formula is CH2Ca2O5. The van der Waals surface area contributed by atoms with Gasteiger partial charge in [0.15, 0.2) is 0 Å². The van der Waals surface area contributed by atoms with Crippen LogP contribution in [0.15, 0.2) is 0 Å². The third-order valence-electron chi connectivity index (χ3n) is 0. The van der Waals surface area contributed by atoms with Crippen molar-refractivity contribution >= 4 is 81.6 Å². The predicted molar refractivity (Wildman–Crippen MR) is 20.8 cm³/mol. The van der Waals surface area contributed by atoms with E-state index in [2.05, 4.69) is 0 Å². The summed E-state index contributed by atoms with van der Waals surface area (Å²) in [5, 5.41) is 16.7. The fourth-order valence-corrected chi connectivity index (χ4v) is 0. The van der Waals surface area contributed by atoms with Crippen LogP contribution in [0.5, 0.6) is 0 Å². The van der Waals surface area contributed by atoms with Crippen molar-refractivity contribution in [2.75, 3.05) is 0 Å². The molecule has 0 aromatic rings. The molecule has 8 heavy (non-hydrogen) atoms. The van der Waals surface area contributed by atoms with E-state index in [9.17, 15) is 0 Å². The van der Waals surface area contributed by atoms with E-state index >= 15 is 0 Å². The molecular weight excluding hydrogens is 172 g/mol. The van der Waals surface area contributed by atoms with Gasteiger partial charge in [0.2, 0.25) is 0 Å². The fraction of sp³-hybridized carbons (Fsp3) is 0. The largest absolute Gasteiger partial charge is 2.00 e. The molecule has 2 N–H and O–H groups in total. The molecule has 0 radical (unpaired) electrons. The Kier molecular flexibility index (Phi) is 96.9. The van der Waals surface area contributed by atoms with Crippen LogP contribution in [-0.4, -0.2) is 92.6 Å². The quantitative estimate of drug-likeness (QED) is 0.351. The van der Waals surface area contributed by atoms with Crippen LogP contribution in [0.4, 0.5) is 4.79 Å². The fourth-order valence-electron chi connectivity index (χ4n) is 0. The number of carbonyl (C=O) groups excluding carboxylic acids is 1. The molecule has 0 atom stereocenters. The molecule has 0 aromatic carbocycles. The summed E-state index contributed by atoms with van der Waals surface area (Å²) < 4.78 is 0. The van der Waals surface area contributed by atoms with Crippen LogP contribution in [0.3, 0.4) is 0 Å². The Bertz CT molecular complexity index is 33.4. The van der Waals surface area contributed by atoms with E-state index < -0.39 is 6.16 Å². The van der Waals surface area contributed by atoms with Gasteiger partial charge in [0, 0.05) is 0 Å². The summed E-state index contributed by atoms with van der Waals surface area (Å²) in [5.74, 6) is 0. The topological polar surface area (TPSA) is 123 Å². The normalized spacial score (nSPS) is 3.00. The van der Waals surface area contributed by atoms with Gasteiger partial charge in [-0.25, -0.2) is 0 Å². The van der Waals surface area contributed by atoms with Gasteiger partial charge in [-0.2, -0.15) is 0 Å². The minimum absolute atomic E-state index is 0. The molecule has 40 valence electrons. The van der Waals surface area contributed by atoms with Gasteiger partial charge in [-0.15, -0.1) is 0 Å². The van der Waals surface area contributed by atoms with Gasteiger partial charge in [-0.05, 0) is 6.16 Å². The van der Waals surface area contributed by atoms with Crippen LogP contribution in [-0.2, 0) is 0 Å². The average molecular weight is 174 g/mol. The van der Waals surface area contributed by atoms with E-state index in [4.69, 9.17) is 15.0 Å². The third-order valence-corrected chi connectivity index (χ3v) is 0. The van der Waals surface area contributed by atoms with Crippen molar-refractivity contribution in [3.05, 3.63) is 0 Å². The molecule has 5 nitrogen and oxygen atoms in total. The minimum Gasteiger partial charge on any atom is -0.870 e. The van der Waals surface area contributed by atoms with Crippen molar-refractivity contribution in [2.45, 2.75) is 0 Å².